The van der Waals surface area contributed by atoms with E-state index < -0.39 is 0 Å². The van der Waals surface area contributed by atoms with Crippen LogP contribution in [0.1, 0.15) is 19.3 Å². The van der Waals surface area contributed by atoms with E-state index in [9.17, 15) is 0 Å². The number of rotatable bonds is 1. The van der Waals surface area contributed by atoms with E-state index in [-0.39, 0.29) is 0 Å². The average Bonchev–Trinajstić information content (AvgIpc) is 2.40. The first kappa shape index (κ1) is 7.08. The van der Waals surface area contributed by atoms with Crippen molar-refractivity contribution in [2.24, 2.45) is 0 Å². The second kappa shape index (κ2) is 2.80. The third kappa shape index (κ3) is 1.24. The van der Waals surface area contributed by atoms with Gasteiger partial charge in [0.05, 0.1) is 12.5 Å². The van der Waals surface area contributed by atoms with E-state index in [1.807, 2.05) is 0 Å². The van der Waals surface area contributed by atoms with Crippen molar-refractivity contribution in [3.63, 3.8) is 0 Å². The van der Waals surface area contributed by atoms with Gasteiger partial charge in [-0.05, 0) is 12.8 Å². The molecule has 2 heterocycles. The molecule has 0 aromatic carbocycles. The van der Waals surface area contributed by atoms with Gasteiger partial charge in [0, 0.05) is 24.7 Å². The Hall–Kier alpha value is -0.590. The van der Waals surface area contributed by atoms with Gasteiger partial charge in [-0.2, -0.15) is 5.26 Å². The fourth-order valence-electron chi connectivity index (χ4n) is 2.08. The van der Waals surface area contributed by atoms with Crippen LogP contribution in [0.3, 0.4) is 0 Å². The van der Waals surface area contributed by atoms with E-state index in [0.29, 0.717) is 24.5 Å². The van der Waals surface area contributed by atoms with E-state index in [1.165, 1.54) is 12.8 Å². The molecule has 2 fully saturated rings. The fourth-order valence-corrected chi connectivity index (χ4v) is 2.08. The van der Waals surface area contributed by atoms with Crippen molar-refractivity contribution in [3.8, 4) is 6.07 Å². The van der Waals surface area contributed by atoms with Crippen molar-refractivity contribution < 1.29 is 0 Å². The lowest BCUT2D eigenvalue weighted by atomic mass is 10.0. The summed E-state index contributed by atoms with van der Waals surface area (Å²) in [7, 11) is 0. The number of hydrogen-bond donors (Lipinski definition) is 2. The molecule has 2 aliphatic heterocycles. The van der Waals surface area contributed by atoms with E-state index in [1.54, 1.807) is 0 Å². The largest absolute Gasteiger partial charge is 0.310 e. The maximum atomic E-state index is 8.53. The van der Waals surface area contributed by atoms with Gasteiger partial charge in [-0.15, -0.1) is 0 Å². The van der Waals surface area contributed by atoms with Crippen LogP contribution in [0, 0.1) is 11.3 Å². The molecule has 0 aromatic heterocycles. The van der Waals surface area contributed by atoms with Gasteiger partial charge in [0.15, 0.2) is 0 Å². The SMILES string of the molecule is N#CCC1NCC2CCC1N2. The Morgan fingerprint density at radius 2 is 2.36 bits per heavy atom. The summed E-state index contributed by atoms with van der Waals surface area (Å²) in [6.07, 6.45) is 3.16. The molecule has 3 atom stereocenters. The van der Waals surface area contributed by atoms with Gasteiger partial charge in [-0.25, -0.2) is 0 Å². The standard InChI is InChI=1S/C8H13N3/c9-4-3-7-8-2-1-6(11-8)5-10-7/h6-8,10-11H,1-3,5H2. The Balaban J connectivity index is 1.97. The minimum atomic E-state index is 0.402. The lowest BCUT2D eigenvalue weighted by molar-refractivity contribution is 0.334. The number of nitrogens with zero attached hydrogens (tertiary/aromatic N) is 1. The number of nitrogens with one attached hydrogen (secondary N) is 2. The lowest BCUT2D eigenvalue weighted by Crippen LogP contribution is -2.55. The molecule has 3 nitrogen and oxygen atoms in total. The highest BCUT2D eigenvalue weighted by Gasteiger charge is 2.34. The van der Waals surface area contributed by atoms with E-state index >= 15 is 0 Å². The highest BCUT2D eigenvalue weighted by molar-refractivity contribution is 5.00. The van der Waals surface area contributed by atoms with Crippen LogP contribution < -0.4 is 10.6 Å². The summed E-state index contributed by atoms with van der Waals surface area (Å²) < 4.78 is 0. The molecule has 2 saturated heterocycles. The maximum Gasteiger partial charge on any atom is 0.0638 e. The van der Waals surface area contributed by atoms with Gasteiger partial charge in [-0.1, -0.05) is 0 Å². The quantitative estimate of drug-likeness (QED) is 0.554. The second-order valence-electron chi connectivity index (χ2n) is 3.42. The van der Waals surface area contributed by atoms with Crippen molar-refractivity contribution in [2.75, 3.05) is 6.54 Å². The molecule has 0 amide bonds. The first-order chi connectivity index (χ1) is 5.40. The zero-order chi connectivity index (χ0) is 7.68. The van der Waals surface area contributed by atoms with Gasteiger partial charge < -0.3 is 10.6 Å². The van der Waals surface area contributed by atoms with E-state index in [2.05, 4.69) is 16.7 Å². The smallest absolute Gasteiger partial charge is 0.0638 e. The Kier molecular flexibility index (Phi) is 1.80. The summed E-state index contributed by atoms with van der Waals surface area (Å²) in [5, 5.41) is 15.4. The molecular formula is C8H13N3. The van der Waals surface area contributed by atoms with Gasteiger partial charge >= 0.3 is 0 Å². The van der Waals surface area contributed by atoms with Crippen LogP contribution in [0.15, 0.2) is 0 Å². The molecule has 2 rings (SSSR count). The molecule has 2 N–H and O–H groups in total. The molecule has 0 saturated carbocycles. The first-order valence-corrected chi connectivity index (χ1v) is 4.26. The number of nitriles is 1. The monoisotopic (exact) mass is 151 g/mol. The van der Waals surface area contributed by atoms with Crippen molar-refractivity contribution >= 4 is 0 Å². The highest BCUT2D eigenvalue weighted by Crippen LogP contribution is 2.20. The van der Waals surface area contributed by atoms with Gasteiger partial charge in [0.1, 0.15) is 0 Å². The van der Waals surface area contributed by atoms with Crippen molar-refractivity contribution in [1.29, 1.82) is 5.26 Å². The Morgan fingerprint density at radius 1 is 1.45 bits per heavy atom. The van der Waals surface area contributed by atoms with Crippen LogP contribution in [0.5, 0.6) is 0 Å². The summed E-state index contributed by atoms with van der Waals surface area (Å²) >= 11 is 0. The molecule has 0 spiro atoms. The number of piperazine rings is 1. The molecule has 2 aliphatic rings. The Bertz CT molecular complexity index is 184. The second-order valence-corrected chi connectivity index (χ2v) is 3.42. The summed E-state index contributed by atoms with van der Waals surface area (Å²) in [6, 6.07) is 3.86. The third-order valence-electron chi connectivity index (χ3n) is 2.70. The van der Waals surface area contributed by atoms with Crippen LogP contribution in [-0.2, 0) is 0 Å². The predicted molar refractivity (Wildman–Crippen MR) is 42.0 cm³/mol. The molecule has 2 bridgehead atoms. The normalized spacial score (nSPS) is 41.9. The van der Waals surface area contributed by atoms with Crippen molar-refractivity contribution in [2.45, 2.75) is 37.4 Å². The van der Waals surface area contributed by atoms with Gasteiger partial charge in [0.25, 0.3) is 0 Å². The van der Waals surface area contributed by atoms with Gasteiger partial charge in [0.2, 0.25) is 0 Å². The molecule has 0 aromatic rings. The maximum absolute atomic E-state index is 8.53. The zero-order valence-electron chi connectivity index (χ0n) is 6.51. The van der Waals surface area contributed by atoms with Crippen LogP contribution in [0.25, 0.3) is 0 Å². The van der Waals surface area contributed by atoms with Crippen LogP contribution in [0.2, 0.25) is 0 Å². The number of fused-ring (bicyclic) bond motifs is 2. The minimum absolute atomic E-state index is 0.402. The molecule has 11 heavy (non-hydrogen) atoms. The van der Waals surface area contributed by atoms with Crippen molar-refractivity contribution in [1.82, 2.24) is 10.6 Å². The molecule has 60 valence electrons. The Labute approximate surface area is 66.8 Å². The topological polar surface area (TPSA) is 47.9 Å². The summed E-state index contributed by atoms with van der Waals surface area (Å²) in [5.41, 5.74) is 0. The molecule has 3 heteroatoms. The Morgan fingerprint density at radius 3 is 3.18 bits per heavy atom. The lowest BCUT2D eigenvalue weighted by Gasteiger charge is -2.29. The fraction of sp³-hybridized carbons (Fsp3) is 0.875. The average molecular weight is 151 g/mol. The summed E-state index contributed by atoms with van der Waals surface area (Å²) in [5.74, 6) is 0. The third-order valence-corrected chi connectivity index (χ3v) is 2.70. The van der Waals surface area contributed by atoms with E-state index in [4.69, 9.17) is 5.26 Å². The zero-order valence-corrected chi connectivity index (χ0v) is 6.51. The highest BCUT2D eigenvalue weighted by atomic mass is 15.1. The number of hydrogen-bond acceptors (Lipinski definition) is 3. The van der Waals surface area contributed by atoms with Crippen molar-refractivity contribution in [3.05, 3.63) is 0 Å². The first-order valence-electron chi connectivity index (χ1n) is 4.26. The molecular weight excluding hydrogens is 138 g/mol. The summed E-state index contributed by atoms with van der Waals surface area (Å²) in [6.45, 7) is 1.04. The molecule has 0 aliphatic carbocycles. The van der Waals surface area contributed by atoms with Crippen LogP contribution >= 0.6 is 0 Å². The minimum Gasteiger partial charge on any atom is -0.310 e. The van der Waals surface area contributed by atoms with E-state index in [0.717, 1.165) is 6.54 Å². The molecule has 3 unspecified atom stereocenters. The van der Waals surface area contributed by atoms with Crippen LogP contribution in [0.4, 0.5) is 0 Å². The van der Waals surface area contributed by atoms with Crippen LogP contribution in [-0.4, -0.2) is 24.7 Å². The predicted octanol–water partition coefficient (Wildman–Crippen LogP) is -0.00752. The summed E-state index contributed by atoms with van der Waals surface area (Å²) in [4.78, 5) is 0. The molecule has 0 radical (unpaired) electrons. The van der Waals surface area contributed by atoms with Gasteiger partial charge in [-0.3, -0.25) is 0 Å².